The lowest BCUT2D eigenvalue weighted by molar-refractivity contribution is -0.122. The molecule has 2 aromatic rings. The van der Waals surface area contributed by atoms with Crippen molar-refractivity contribution in [2.75, 3.05) is 11.9 Å². The highest BCUT2D eigenvalue weighted by Crippen LogP contribution is 2.18. The number of carbonyl (C=O) groups is 1. The Morgan fingerprint density at radius 2 is 2.09 bits per heavy atom. The number of carbonyl (C=O) groups excluding carboxylic acids is 1. The van der Waals surface area contributed by atoms with E-state index in [1.165, 1.54) is 16.8 Å². The second-order valence-electron chi connectivity index (χ2n) is 4.55. The van der Waals surface area contributed by atoms with E-state index in [-0.39, 0.29) is 11.4 Å². The number of alkyl halides is 3. The van der Waals surface area contributed by atoms with E-state index in [0.29, 0.717) is 0 Å². The Morgan fingerprint density at radius 1 is 1.36 bits per heavy atom. The molecular formula is C13H12F4N4O. The predicted molar refractivity (Wildman–Crippen MR) is 71.3 cm³/mol. The van der Waals surface area contributed by atoms with E-state index in [9.17, 15) is 22.4 Å². The first-order chi connectivity index (χ1) is 10.2. The Bertz CT molecular complexity index is 681. The van der Waals surface area contributed by atoms with E-state index < -0.39 is 24.6 Å². The largest absolute Gasteiger partial charge is 0.405 e. The molecule has 1 aromatic heterocycles. The molecule has 0 saturated heterocycles. The second kappa shape index (κ2) is 6.04. The summed E-state index contributed by atoms with van der Waals surface area (Å²) in [7, 11) is 0. The fraction of sp³-hybridized carbons (Fsp3) is 0.231. The van der Waals surface area contributed by atoms with Gasteiger partial charge in [-0.05, 0) is 30.7 Å². The number of amides is 2. The van der Waals surface area contributed by atoms with Gasteiger partial charge in [0, 0.05) is 11.9 Å². The lowest BCUT2D eigenvalue weighted by atomic mass is 10.2. The first-order valence-electron chi connectivity index (χ1n) is 6.17. The van der Waals surface area contributed by atoms with Crippen LogP contribution in [0.2, 0.25) is 0 Å². The van der Waals surface area contributed by atoms with Crippen molar-refractivity contribution in [1.82, 2.24) is 15.1 Å². The lowest BCUT2D eigenvalue weighted by Gasteiger charge is -2.10. The number of hydrogen-bond acceptors (Lipinski definition) is 2. The average Bonchev–Trinajstić information content (AvgIpc) is 2.82. The average molecular weight is 316 g/mol. The molecule has 0 radical (unpaired) electrons. The van der Waals surface area contributed by atoms with Crippen LogP contribution in [0.15, 0.2) is 30.6 Å². The SMILES string of the molecule is Cc1cnn(-c2ccc(NC(=O)NCC(F)(F)F)cc2F)c1. The van der Waals surface area contributed by atoms with Crippen LogP contribution < -0.4 is 10.6 Å². The molecule has 0 spiro atoms. The summed E-state index contributed by atoms with van der Waals surface area (Å²) in [4.78, 5) is 11.3. The van der Waals surface area contributed by atoms with Crippen LogP contribution in [0.25, 0.3) is 5.69 Å². The molecule has 2 rings (SSSR count). The Morgan fingerprint density at radius 3 is 2.64 bits per heavy atom. The molecule has 2 amide bonds. The minimum absolute atomic E-state index is 0.0322. The number of aromatic nitrogens is 2. The van der Waals surface area contributed by atoms with Crippen LogP contribution in [0.4, 0.5) is 28.0 Å². The molecule has 0 atom stereocenters. The number of nitrogens with one attached hydrogen (secondary N) is 2. The highest BCUT2D eigenvalue weighted by atomic mass is 19.4. The normalized spacial score (nSPS) is 11.3. The number of nitrogens with zero attached hydrogens (tertiary/aromatic N) is 2. The smallest absolute Gasteiger partial charge is 0.329 e. The zero-order valence-electron chi connectivity index (χ0n) is 11.4. The number of aryl methyl sites for hydroxylation is 1. The third kappa shape index (κ3) is 4.21. The predicted octanol–water partition coefficient (Wildman–Crippen LogP) is 3.00. The van der Waals surface area contributed by atoms with Gasteiger partial charge in [-0.3, -0.25) is 0 Å². The van der Waals surface area contributed by atoms with Crippen molar-refractivity contribution < 1.29 is 22.4 Å². The second-order valence-corrected chi connectivity index (χ2v) is 4.55. The first kappa shape index (κ1) is 15.8. The molecule has 5 nitrogen and oxygen atoms in total. The summed E-state index contributed by atoms with van der Waals surface area (Å²) in [5.41, 5.74) is 1.03. The van der Waals surface area contributed by atoms with E-state index in [0.717, 1.165) is 11.6 Å². The zero-order valence-corrected chi connectivity index (χ0v) is 11.4. The number of anilines is 1. The molecule has 0 bridgehead atoms. The molecule has 0 aliphatic heterocycles. The van der Waals surface area contributed by atoms with Gasteiger partial charge in [-0.15, -0.1) is 0 Å². The van der Waals surface area contributed by atoms with Gasteiger partial charge < -0.3 is 10.6 Å². The van der Waals surface area contributed by atoms with Gasteiger partial charge in [0.1, 0.15) is 12.2 Å². The first-order valence-corrected chi connectivity index (χ1v) is 6.17. The fourth-order valence-corrected chi connectivity index (χ4v) is 1.67. The summed E-state index contributed by atoms with van der Waals surface area (Å²) in [6, 6.07) is 2.66. The summed E-state index contributed by atoms with van der Waals surface area (Å²) in [6.07, 6.45) is -1.35. The van der Waals surface area contributed by atoms with E-state index >= 15 is 0 Å². The number of rotatable bonds is 3. The van der Waals surface area contributed by atoms with E-state index in [4.69, 9.17) is 0 Å². The van der Waals surface area contributed by atoms with Crippen LogP contribution in [0, 0.1) is 12.7 Å². The van der Waals surface area contributed by atoms with Crippen molar-refractivity contribution in [1.29, 1.82) is 0 Å². The molecule has 9 heteroatoms. The minimum Gasteiger partial charge on any atom is -0.329 e. The van der Waals surface area contributed by atoms with Gasteiger partial charge in [0.2, 0.25) is 0 Å². The molecule has 0 aliphatic carbocycles. The molecule has 0 aliphatic rings. The van der Waals surface area contributed by atoms with E-state index in [1.807, 2.05) is 0 Å². The van der Waals surface area contributed by atoms with Gasteiger partial charge in [-0.1, -0.05) is 0 Å². The van der Waals surface area contributed by atoms with Gasteiger partial charge in [0.15, 0.2) is 5.82 Å². The van der Waals surface area contributed by atoms with Gasteiger partial charge in [-0.25, -0.2) is 13.9 Å². The number of halogens is 4. The van der Waals surface area contributed by atoms with Crippen molar-refractivity contribution in [3.05, 3.63) is 42.0 Å². The fourth-order valence-electron chi connectivity index (χ4n) is 1.67. The maximum Gasteiger partial charge on any atom is 0.405 e. The topological polar surface area (TPSA) is 59.0 Å². The van der Waals surface area contributed by atoms with Crippen molar-refractivity contribution in [3.8, 4) is 5.69 Å². The summed E-state index contributed by atoms with van der Waals surface area (Å²) >= 11 is 0. The quantitative estimate of drug-likeness (QED) is 0.855. The molecule has 1 heterocycles. The molecule has 0 unspecified atom stereocenters. The highest BCUT2D eigenvalue weighted by Gasteiger charge is 2.27. The summed E-state index contributed by atoms with van der Waals surface area (Å²) in [5.74, 6) is -0.670. The van der Waals surface area contributed by atoms with Crippen LogP contribution in [-0.2, 0) is 0 Å². The molecule has 0 saturated carbocycles. The van der Waals surface area contributed by atoms with E-state index in [1.54, 1.807) is 24.6 Å². The molecular weight excluding hydrogens is 304 g/mol. The Labute approximate surface area is 122 Å². The molecule has 118 valence electrons. The van der Waals surface area contributed by atoms with Crippen LogP contribution in [0.5, 0.6) is 0 Å². The molecule has 2 N–H and O–H groups in total. The molecule has 0 fully saturated rings. The summed E-state index contributed by atoms with van der Waals surface area (Å²) in [5, 5.41) is 7.69. The third-order valence-electron chi connectivity index (χ3n) is 2.61. The standard InChI is InChI=1S/C13H12F4N4O/c1-8-5-19-21(6-8)11-3-2-9(4-10(11)14)20-12(22)18-7-13(15,16)17/h2-6H,7H2,1H3,(H2,18,20,22). The van der Waals surface area contributed by atoms with Crippen LogP contribution in [0.3, 0.4) is 0 Å². The number of hydrogen-bond donors (Lipinski definition) is 2. The van der Waals surface area contributed by atoms with Crippen LogP contribution in [-0.4, -0.2) is 28.5 Å². The Hall–Kier alpha value is -2.58. The third-order valence-corrected chi connectivity index (χ3v) is 2.61. The maximum absolute atomic E-state index is 14.0. The van der Waals surface area contributed by atoms with Crippen LogP contribution in [0.1, 0.15) is 5.56 Å². The van der Waals surface area contributed by atoms with Gasteiger partial charge >= 0.3 is 12.2 Å². The lowest BCUT2D eigenvalue weighted by Crippen LogP contribution is -2.36. The van der Waals surface area contributed by atoms with Gasteiger partial charge in [0.25, 0.3) is 0 Å². The molecule has 1 aromatic carbocycles. The van der Waals surface area contributed by atoms with E-state index in [2.05, 4.69) is 10.4 Å². The Kier molecular flexibility index (Phi) is 4.34. The number of urea groups is 1. The number of benzene rings is 1. The maximum atomic E-state index is 14.0. The summed E-state index contributed by atoms with van der Waals surface area (Å²) in [6.45, 7) is 0.328. The van der Waals surface area contributed by atoms with Crippen LogP contribution >= 0.6 is 0 Å². The van der Waals surface area contributed by atoms with Crippen molar-refractivity contribution >= 4 is 11.7 Å². The summed E-state index contributed by atoms with van der Waals surface area (Å²) < 4.78 is 51.1. The minimum atomic E-state index is -4.51. The van der Waals surface area contributed by atoms with Crippen molar-refractivity contribution in [2.24, 2.45) is 0 Å². The van der Waals surface area contributed by atoms with Crippen molar-refractivity contribution in [3.63, 3.8) is 0 Å². The molecule has 22 heavy (non-hydrogen) atoms. The zero-order chi connectivity index (χ0) is 16.3. The van der Waals surface area contributed by atoms with Gasteiger partial charge in [0.05, 0.1) is 6.20 Å². The monoisotopic (exact) mass is 316 g/mol. The highest BCUT2D eigenvalue weighted by molar-refractivity contribution is 5.89. The Balaban J connectivity index is 2.05. The van der Waals surface area contributed by atoms with Crippen molar-refractivity contribution in [2.45, 2.75) is 13.1 Å². The van der Waals surface area contributed by atoms with Gasteiger partial charge in [-0.2, -0.15) is 18.3 Å².